The van der Waals surface area contributed by atoms with E-state index in [-0.39, 0.29) is 6.04 Å². The minimum absolute atomic E-state index is 0.134. The quantitative estimate of drug-likeness (QED) is 0.490. The minimum atomic E-state index is -0.134. The summed E-state index contributed by atoms with van der Waals surface area (Å²) in [6.45, 7) is 9.48. The van der Waals surface area contributed by atoms with Crippen LogP contribution in [0.15, 0.2) is 52.0 Å². The van der Waals surface area contributed by atoms with E-state index in [2.05, 4.69) is 67.3 Å². The molecule has 156 valence electrons. The summed E-state index contributed by atoms with van der Waals surface area (Å²) >= 11 is 7.35. The summed E-state index contributed by atoms with van der Waals surface area (Å²) in [7, 11) is 0. The smallest absolute Gasteiger partial charge is 0.258 e. The Kier molecular flexibility index (Phi) is 6.01. The molecule has 30 heavy (non-hydrogen) atoms. The maximum atomic E-state index is 5.76. The normalized spacial score (nSPS) is 17.0. The van der Waals surface area contributed by atoms with Crippen molar-refractivity contribution in [2.24, 2.45) is 5.92 Å². The molecule has 5 nitrogen and oxygen atoms in total. The standard InChI is InChI=1S/C23H26N4OS2/c1-14(2)11-12-27-16(4)19(22-25-21(26-28-22)18-6-5-13-30-18)20(24-23(27)29)17-9-7-15(3)8-10-17/h5-10,13-14,20H,11-12H2,1-4H3,(H,24,29). The molecule has 1 aliphatic heterocycles. The summed E-state index contributed by atoms with van der Waals surface area (Å²) in [5.74, 6) is 1.74. The molecule has 0 fully saturated rings. The lowest BCUT2D eigenvalue weighted by Crippen LogP contribution is -2.46. The van der Waals surface area contributed by atoms with E-state index in [1.807, 2.05) is 17.5 Å². The van der Waals surface area contributed by atoms with E-state index in [1.54, 1.807) is 11.3 Å². The van der Waals surface area contributed by atoms with Gasteiger partial charge in [0.25, 0.3) is 5.89 Å². The molecule has 3 heterocycles. The predicted molar refractivity (Wildman–Crippen MR) is 126 cm³/mol. The monoisotopic (exact) mass is 438 g/mol. The zero-order valence-corrected chi connectivity index (χ0v) is 19.3. The molecule has 1 atom stereocenters. The third-order valence-corrected chi connectivity index (χ3v) is 6.54. The van der Waals surface area contributed by atoms with E-state index in [0.717, 1.165) is 39.8 Å². The van der Waals surface area contributed by atoms with Crippen LogP contribution in [0.4, 0.5) is 0 Å². The van der Waals surface area contributed by atoms with Gasteiger partial charge in [0.05, 0.1) is 16.5 Å². The highest BCUT2D eigenvalue weighted by atomic mass is 32.1. The Hall–Kier alpha value is -2.51. The van der Waals surface area contributed by atoms with Crippen molar-refractivity contribution in [1.29, 1.82) is 0 Å². The second kappa shape index (κ2) is 8.70. The lowest BCUT2D eigenvalue weighted by molar-refractivity contribution is 0.390. The first-order valence-electron chi connectivity index (χ1n) is 10.2. The lowest BCUT2D eigenvalue weighted by Gasteiger charge is -2.37. The Bertz CT molecular complexity index is 1050. The van der Waals surface area contributed by atoms with Gasteiger partial charge in [0.2, 0.25) is 5.82 Å². The highest BCUT2D eigenvalue weighted by molar-refractivity contribution is 7.80. The minimum Gasteiger partial charge on any atom is -0.351 e. The summed E-state index contributed by atoms with van der Waals surface area (Å²) in [5.41, 5.74) is 4.38. The fourth-order valence-electron chi connectivity index (χ4n) is 3.56. The SMILES string of the molecule is CC1=C(c2nc(-c3cccs3)no2)C(c2ccc(C)cc2)NC(=S)N1CCC(C)C. The summed E-state index contributed by atoms with van der Waals surface area (Å²) in [6.07, 6.45) is 1.05. The van der Waals surface area contributed by atoms with Crippen LogP contribution in [0.25, 0.3) is 16.3 Å². The third-order valence-electron chi connectivity index (χ3n) is 5.34. The van der Waals surface area contributed by atoms with E-state index in [1.165, 1.54) is 5.56 Å². The number of hydrogen-bond acceptors (Lipinski definition) is 5. The van der Waals surface area contributed by atoms with Crippen molar-refractivity contribution in [1.82, 2.24) is 20.4 Å². The maximum absolute atomic E-state index is 5.76. The van der Waals surface area contributed by atoms with Gasteiger partial charge in [-0.25, -0.2) is 0 Å². The first-order chi connectivity index (χ1) is 14.4. The number of thiocarbonyl (C=S) groups is 1. The molecule has 0 spiro atoms. The molecule has 0 saturated carbocycles. The number of allylic oxidation sites excluding steroid dienone is 1. The van der Waals surface area contributed by atoms with Crippen LogP contribution in [0, 0.1) is 12.8 Å². The fourth-order valence-corrected chi connectivity index (χ4v) is 4.56. The van der Waals surface area contributed by atoms with Gasteiger partial charge in [0.1, 0.15) is 0 Å². The molecule has 7 heteroatoms. The van der Waals surface area contributed by atoms with Crippen molar-refractivity contribution in [3.05, 3.63) is 64.5 Å². The van der Waals surface area contributed by atoms with Gasteiger partial charge in [0, 0.05) is 12.2 Å². The molecule has 1 aromatic carbocycles. The highest BCUT2D eigenvalue weighted by Gasteiger charge is 2.34. The maximum Gasteiger partial charge on any atom is 0.258 e. The Balaban J connectivity index is 1.78. The van der Waals surface area contributed by atoms with Crippen molar-refractivity contribution in [3.8, 4) is 10.7 Å². The average Bonchev–Trinajstić information content (AvgIpc) is 3.39. The average molecular weight is 439 g/mol. The van der Waals surface area contributed by atoms with Crippen LogP contribution in [0.5, 0.6) is 0 Å². The van der Waals surface area contributed by atoms with Crippen LogP contribution in [0.2, 0.25) is 0 Å². The van der Waals surface area contributed by atoms with Crippen LogP contribution in [-0.4, -0.2) is 26.7 Å². The molecule has 4 rings (SSSR count). The lowest BCUT2D eigenvalue weighted by atomic mass is 9.94. The van der Waals surface area contributed by atoms with Crippen LogP contribution >= 0.6 is 23.6 Å². The first kappa shape index (κ1) is 20.8. The first-order valence-corrected chi connectivity index (χ1v) is 11.5. The zero-order chi connectivity index (χ0) is 21.3. The number of aryl methyl sites for hydroxylation is 1. The summed E-state index contributed by atoms with van der Waals surface area (Å²) in [6, 6.07) is 12.3. The van der Waals surface area contributed by atoms with Gasteiger partial charge < -0.3 is 14.7 Å². The van der Waals surface area contributed by atoms with Gasteiger partial charge in [-0.2, -0.15) is 4.98 Å². The molecule has 1 aliphatic rings. The van der Waals surface area contributed by atoms with Gasteiger partial charge in [0.15, 0.2) is 5.11 Å². The van der Waals surface area contributed by atoms with Crippen LogP contribution in [0.3, 0.4) is 0 Å². The molecule has 0 amide bonds. The topological polar surface area (TPSA) is 54.2 Å². The fraction of sp³-hybridized carbons (Fsp3) is 0.348. The van der Waals surface area contributed by atoms with E-state index < -0.39 is 0 Å². The molecule has 0 saturated heterocycles. The molecule has 0 bridgehead atoms. The van der Waals surface area contributed by atoms with Gasteiger partial charge in [-0.15, -0.1) is 11.3 Å². The van der Waals surface area contributed by atoms with Crippen molar-refractivity contribution in [2.75, 3.05) is 6.54 Å². The molecule has 1 unspecified atom stereocenters. The molecular weight excluding hydrogens is 412 g/mol. The van der Waals surface area contributed by atoms with E-state index in [4.69, 9.17) is 21.7 Å². The molecular formula is C23H26N4OS2. The molecule has 3 aromatic rings. The Labute approximate surface area is 186 Å². The Morgan fingerprint density at radius 2 is 1.97 bits per heavy atom. The Morgan fingerprint density at radius 1 is 1.20 bits per heavy atom. The van der Waals surface area contributed by atoms with Crippen LogP contribution < -0.4 is 5.32 Å². The Morgan fingerprint density at radius 3 is 2.63 bits per heavy atom. The van der Waals surface area contributed by atoms with E-state index in [9.17, 15) is 0 Å². The summed E-state index contributed by atoms with van der Waals surface area (Å²) in [4.78, 5) is 7.89. The van der Waals surface area contributed by atoms with Crippen molar-refractivity contribution in [2.45, 2.75) is 40.2 Å². The molecule has 2 aromatic heterocycles. The second-order valence-electron chi connectivity index (χ2n) is 8.03. The van der Waals surface area contributed by atoms with E-state index >= 15 is 0 Å². The molecule has 0 radical (unpaired) electrons. The predicted octanol–water partition coefficient (Wildman–Crippen LogP) is 5.82. The van der Waals surface area contributed by atoms with Crippen LogP contribution in [-0.2, 0) is 0 Å². The highest BCUT2D eigenvalue weighted by Crippen LogP contribution is 2.38. The van der Waals surface area contributed by atoms with Crippen molar-refractivity contribution in [3.63, 3.8) is 0 Å². The zero-order valence-electron chi connectivity index (χ0n) is 17.7. The third kappa shape index (κ3) is 4.18. The number of benzene rings is 1. The number of aromatic nitrogens is 2. The molecule has 1 N–H and O–H groups in total. The number of nitrogens with zero attached hydrogens (tertiary/aromatic N) is 3. The van der Waals surface area contributed by atoms with Gasteiger partial charge in [-0.1, -0.05) is 54.9 Å². The number of nitrogens with one attached hydrogen (secondary N) is 1. The second-order valence-corrected chi connectivity index (χ2v) is 9.36. The van der Waals surface area contributed by atoms with Gasteiger partial charge in [-0.05, 0) is 55.4 Å². The number of hydrogen-bond donors (Lipinski definition) is 1. The van der Waals surface area contributed by atoms with Crippen LogP contribution in [0.1, 0.15) is 50.3 Å². The van der Waals surface area contributed by atoms with Gasteiger partial charge >= 0.3 is 0 Å². The summed E-state index contributed by atoms with van der Waals surface area (Å²) < 4.78 is 5.76. The molecule has 0 aliphatic carbocycles. The largest absolute Gasteiger partial charge is 0.351 e. The number of thiophene rings is 1. The van der Waals surface area contributed by atoms with Crippen molar-refractivity contribution < 1.29 is 4.52 Å². The summed E-state index contributed by atoms with van der Waals surface area (Å²) in [5, 5.41) is 10.5. The van der Waals surface area contributed by atoms with Gasteiger partial charge in [-0.3, -0.25) is 0 Å². The number of rotatable bonds is 6. The van der Waals surface area contributed by atoms with E-state index in [0.29, 0.717) is 17.6 Å². The van der Waals surface area contributed by atoms with Crippen molar-refractivity contribution >= 4 is 34.2 Å².